The van der Waals surface area contributed by atoms with E-state index < -0.39 is 0 Å². The highest BCUT2D eigenvalue weighted by molar-refractivity contribution is 8.01. The van der Waals surface area contributed by atoms with Gasteiger partial charge in [-0.2, -0.15) is 0 Å². The lowest BCUT2D eigenvalue weighted by molar-refractivity contribution is -0.115. The third-order valence-corrected chi connectivity index (χ3v) is 4.47. The number of carbonyl (C=O) groups excluding carboxylic acids is 2. The van der Waals surface area contributed by atoms with Gasteiger partial charge in [-0.05, 0) is 50.2 Å². The van der Waals surface area contributed by atoms with Crippen LogP contribution in [0.1, 0.15) is 13.8 Å². The Labute approximate surface area is 152 Å². The average Bonchev–Trinajstić information content (AvgIpc) is 2.62. The molecule has 0 saturated heterocycles. The quantitative estimate of drug-likeness (QED) is 0.753. The second-order valence-electron chi connectivity index (χ2n) is 5.31. The Morgan fingerprint density at radius 3 is 2.28 bits per heavy atom. The van der Waals surface area contributed by atoms with Crippen LogP contribution in [0.5, 0.6) is 5.75 Å². The fraction of sp³-hybridized carbons (Fsp3) is 0.263. The fourth-order valence-corrected chi connectivity index (χ4v) is 2.72. The number of ether oxygens (including phenoxy) is 1. The molecule has 1 atom stereocenters. The zero-order valence-electron chi connectivity index (χ0n) is 14.3. The van der Waals surface area contributed by atoms with Crippen molar-refractivity contribution >= 4 is 35.0 Å². The lowest BCUT2D eigenvalue weighted by atomic mass is 10.3. The molecule has 0 aliphatic carbocycles. The summed E-state index contributed by atoms with van der Waals surface area (Å²) < 4.78 is 5.36. The predicted molar refractivity (Wildman–Crippen MR) is 103 cm³/mol. The van der Waals surface area contributed by atoms with Crippen LogP contribution < -0.4 is 15.4 Å². The number of anilines is 2. The second-order valence-corrected chi connectivity index (χ2v) is 6.64. The van der Waals surface area contributed by atoms with Crippen molar-refractivity contribution in [1.82, 2.24) is 0 Å². The smallest absolute Gasteiger partial charge is 0.237 e. The van der Waals surface area contributed by atoms with Gasteiger partial charge in [0.05, 0.1) is 17.6 Å². The Balaban J connectivity index is 1.75. The van der Waals surface area contributed by atoms with E-state index in [4.69, 9.17) is 4.74 Å². The molecule has 25 heavy (non-hydrogen) atoms. The Morgan fingerprint density at radius 2 is 1.64 bits per heavy atom. The number of hydrogen-bond donors (Lipinski definition) is 2. The Hall–Kier alpha value is -2.47. The molecule has 1 unspecified atom stereocenters. The van der Waals surface area contributed by atoms with E-state index in [2.05, 4.69) is 10.6 Å². The van der Waals surface area contributed by atoms with Crippen molar-refractivity contribution in [3.05, 3.63) is 54.6 Å². The highest BCUT2D eigenvalue weighted by Gasteiger charge is 2.15. The molecule has 0 heterocycles. The van der Waals surface area contributed by atoms with E-state index >= 15 is 0 Å². The van der Waals surface area contributed by atoms with Crippen molar-refractivity contribution in [1.29, 1.82) is 0 Å². The molecule has 2 amide bonds. The van der Waals surface area contributed by atoms with Crippen LogP contribution in [0, 0.1) is 0 Å². The first-order valence-electron chi connectivity index (χ1n) is 8.08. The molecule has 0 aromatic heterocycles. The zero-order valence-corrected chi connectivity index (χ0v) is 15.1. The SMILES string of the molecule is CCOc1ccc(NC(=O)CSC(C)C(=O)Nc2ccccc2)cc1. The maximum Gasteiger partial charge on any atom is 0.237 e. The van der Waals surface area contributed by atoms with Gasteiger partial charge in [-0.1, -0.05) is 18.2 Å². The topological polar surface area (TPSA) is 67.4 Å². The maximum absolute atomic E-state index is 12.1. The third kappa shape index (κ3) is 6.51. The summed E-state index contributed by atoms with van der Waals surface area (Å²) in [7, 11) is 0. The molecule has 2 N–H and O–H groups in total. The molecule has 0 radical (unpaired) electrons. The van der Waals surface area contributed by atoms with Gasteiger partial charge >= 0.3 is 0 Å². The molecular formula is C19H22N2O3S. The summed E-state index contributed by atoms with van der Waals surface area (Å²) in [5.74, 6) is 0.705. The lowest BCUT2D eigenvalue weighted by Crippen LogP contribution is -2.25. The van der Waals surface area contributed by atoms with Crippen LogP contribution in [-0.4, -0.2) is 29.4 Å². The standard InChI is InChI=1S/C19H22N2O3S/c1-3-24-17-11-9-16(10-12-17)20-18(22)13-25-14(2)19(23)21-15-7-5-4-6-8-15/h4-12,14H,3,13H2,1-2H3,(H,20,22)(H,21,23). The van der Waals surface area contributed by atoms with E-state index in [-0.39, 0.29) is 22.8 Å². The van der Waals surface area contributed by atoms with Crippen molar-refractivity contribution in [2.24, 2.45) is 0 Å². The third-order valence-electron chi connectivity index (χ3n) is 3.32. The molecule has 0 spiro atoms. The summed E-state index contributed by atoms with van der Waals surface area (Å²) in [5, 5.41) is 5.31. The number of thioether (sulfide) groups is 1. The first kappa shape index (κ1) is 18.9. The van der Waals surface area contributed by atoms with Crippen LogP contribution >= 0.6 is 11.8 Å². The summed E-state index contributed by atoms with van der Waals surface area (Å²) in [6.07, 6.45) is 0. The van der Waals surface area contributed by atoms with Crippen molar-refractivity contribution in [3.8, 4) is 5.75 Å². The number of rotatable bonds is 8. The van der Waals surface area contributed by atoms with Crippen LogP contribution in [0.4, 0.5) is 11.4 Å². The molecule has 2 aromatic rings. The molecule has 0 fully saturated rings. The van der Waals surface area contributed by atoms with E-state index in [1.807, 2.05) is 49.4 Å². The van der Waals surface area contributed by atoms with Crippen LogP contribution in [0.15, 0.2) is 54.6 Å². The van der Waals surface area contributed by atoms with E-state index in [1.165, 1.54) is 11.8 Å². The lowest BCUT2D eigenvalue weighted by Gasteiger charge is -2.12. The van der Waals surface area contributed by atoms with Gasteiger partial charge in [0.1, 0.15) is 5.75 Å². The van der Waals surface area contributed by atoms with Crippen LogP contribution in [0.3, 0.4) is 0 Å². The summed E-state index contributed by atoms with van der Waals surface area (Å²) in [6, 6.07) is 16.5. The van der Waals surface area contributed by atoms with Gasteiger partial charge in [-0.25, -0.2) is 0 Å². The van der Waals surface area contributed by atoms with Crippen molar-refractivity contribution in [2.45, 2.75) is 19.1 Å². The summed E-state index contributed by atoms with van der Waals surface area (Å²) in [6.45, 7) is 4.31. The van der Waals surface area contributed by atoms with Gasteiger partial charge in [0.15, 0.2) is 0 Å². The Kier molecular flexibility index (Phi) is 7.35. The van der Waals surface area contributed by atoms with E-state index in [0.717, 1.165) is 11.4 Å². The second kappa shape index (κ2) is 9.74. The first-order valence-corrected chi connectivity index (χ1v) is 9.13. The fourth-order valence-electron chi connectivity index (χ4n) is 2.04. The average molecular weight is 358 g/mol. The summed E-state index contributed by atoms with van der Waals surface area (Å²) in [5.41, 5.74) is 1.45. The first-order chi connectivity index (χ1) is 12.1. The van der Waals surface area contributed by atoms with Crippen molar-refractivity contribution in [3.63, 3.8) is 0 Å². The minimum absolute atomic E-state index is 0.120. The molecular weight excluding hydrogens is 336 g/mol. The van der Waals surface area contributed by atoms with E-state index in [1.54, 1.807) is 19.1 Å². The number of carbonyl (C=O) groups is 2. The Morgan fingerprint density at radius 1 is 1.00 bits per heavy atom. The normalized spacial score (nSPS) is 11.4. The van der Waals surface area contributed by atoms with Crippen LogP contribution in [0.25, 0.3) is 0 Å². The molecule has 5 nitrogen and oxygen atoms in total. The molecule has 0 aliphatic rings. The monoisotopic (exact) mass is 358 g/mol. The highest BCUT2D eigenvalue weighted by atomic mass is 32.2. The molecule has 2 aromatic carbocycles. The maximum atomic E-state index is 12.1. The number of amides is 2. The largest absolute Gasteiger partial charge is 0.494 e. The molecule has 0 bridgehead atoms. The number of para-hydroxylation sites is 1. The van der Waals surface area contributed by atoms with Crippen LogP contribution in [-0.2, 0) is 9.59 Å². The van der Waals surface area contributed by atoms with E-state index in [9.17, 15) is 9.59 Å². The molecule has 0 aliphatic heterocycles. The number of hydrogen-bond acceptors (Lipinski definition) is 4. The van der Waals surface area contributed by atoms with Gasteiger partial charge in [0.2, 0.25) is 11.8 Å². The number of benzene rings is 2. The number of nitrogens with one attached hydrogen (secondary N) is 2. The van der Waals surface area contributed by atoms with E-state index in [0.29, 0.717) is 12.3 Å². The van der Waals surface area contributed by atoms with Gasteiger partial charge in [0.25, 0.3) is 0 Å². The molecule has 132 valence electrons. The van der Waals surface area contributed by atoms with Gasteiger partial charge in [-0.3, -0.25) is 9.59 Å². The molecule has 0 saturated carbocycles. The highest BCUT2D eigenvalue weighted by Crippen LogP contribution is 2.17. The van der Waals surface area contributed by atoms with Gasteiger partial charge < -0.3 is 15.4 Å². The molecule has 6 heteroatoms. The summed E-state index contributed by atoms with van der Waals surface area (Å²) in [4.78, 5) is 24.1. The predicted octanol–water partition coefficient (Wildman–Crippen LogP) is 3.78. The Bertz CT molecular complexity index is 690. The minimum Gasteiger partial charge on any atom is -0.494 e. The summed E-state index contributed by atoms with van der Waals surface area (Å²) >= 11 is 1.29. The molecule has 2 rings (SSSR count). The van der Waals surface area contributed by atoms with Crippen LogP contribution in [0.2, 0.25) is 0 Å². The zero-order chi connectivity index (χ0) is 18.1. The van der Waals surface area contributed by atoms with Gasteiger partial charge in [0, 0.05) is 11.4 Å². The van der Waals surface area contributed by atoms with Crippen molar-refractivity contribution in [2.75, 3.05) is 23.0 Å². The van der Waals surface area contributed by atoms with Crippen molar-refractivity contribution < 1.29 is 14.3 Å². The minimum atomic E-state index is -0.328. The van der Waals surface area contributed by atoms with Gasteiger partial charge in [-0.15, -0.1) is 11.8 Å².